The third-order valence-corrected chi connectivity index (χ3v) is 2.58. The Morgan fingerprint density at radius 3 is 2.73 bits per heavy atom. The number of pyridine rings is 1. The number of benzene rings is 1. The normalized spacial score (nSPS) is 17.7. The van der Waals surface area contributed by atoms with E-state index in [0.29, 0.717) is 0 Å². The molecule has 1 aliphatic rings. The molecule has 0 saturated heterocycles. The maximum Gasteiger partial charge on any atom is 0.0962 e. The summed E-state index contributed by atoms with van der Waals surface area (Å²) >= 11 is 0. The van der Waals surface area contributed by atoms with Crippen LogP contribution in [-0.4, -0.2) is 4.98 Å². The first kappa shape index (κ1) is 8.36. The van der Waals surface area contributed by atoms with Crippen molar-refractivity contribution in [1.82, 2.24) is 4.98 Å². The van der Waals surface area contributed by atoms with E-state index in [9.17, 15) is 0 Å². The number of para-hydroxylation sites is 1. The topological polar surface area (TPSA) is 25.2 Å². The van der Waals surface area contributed by atoms with Gasteiger partial charge in [0.1, 0.15) is 0 Å². The van der Waals surface area contributed by atoms with Crippen LogP contribution in [0.5, 0.6) is 0 Å². The van der Waals surface area contributed by atoms with Crippen molar-refractivity contribution < 1.29 is 0 Å². The van der Waals surface area contributed by atoms with E-state index in [1.54, 1.807) is 6.20 Å². The number of hydrogen-bond acceptors (Lipinski definition) is 2. The molecule has 0 N–H and O–H groups in total. The van der Waals surface area contributed by atoms with Gasteiger partial charge in [0, 0.05) is 12.4 Å². The van der Waals surface area contributed by atoms with Crippen LogP contribution < -0.4 is 10.6 Å². The summed E-state index contributed by atoms with van der Waals surface area (Å²) in [5, 5.41) is 2.29. The quantitative estimate of drug-likeness (QED) is 0.670. The SMILES string of the molecule is C1=c2ccccc2=N[C@H]1c1cccnc1. The van der Waals surface area contributed by atoms with Crippen LogP contribution in [0.1, 0.15) is 11.6 Å². The molecular formula is C13H10N2. The Labute approximate surface area is 87.6 Å². The van der Waals surface area contributed by atoms with E-state index in [2.05, 4.69) is 28.2 Å². The minimum atomic E-state index is 0.135. The molecule has 0 amide bonds. The first-order chi connectivity index (χ1) is 7.43. The molecule has 1 aliphatic heterocycles. The molecule has 15 heavy (non-hydrogen) atoms. The lowest BCUT2D eigenvalue weighted by Crippen LogP contribution is -2.19. The summed E-state index contributed by atoms with van der Waals surface area (Å²) in [7, 11) is 0. The average Bonchev–Trinajstić information content (AvgIpc) is 2.74. The van der Waals surface area contributed by atoms with Crippen molar-refractivity contribution in [3.63, 3.8) is 0 Å². The molecule has 1 aromatic heterocycles. The molecule has 0 aliphatic carbocycles. The van der Waals surface area contributed by atoms with Crippen molar-refractivity contribution in [3.8, 4) is 0 Å². The highest BCUT2D eigenvalue weighted by atomic mass is 14.8. The third kappa shape index (κ3) is 1.44. The van der Waals surface area contributed by atoms with Gasteiger partial charge in [0.15, 0.2) is 0 Å². The minimum Gasteiger partial charge on any atom is -0.272 e. The highest BCUT2D eigenvalue weighted by molar-refractivity contribution is 5.40. The average molecular weight is 194 g/mol. The fourth-order valence-corrected chi connectivity index (χ4v) is 1.82. The summed E-state index contributed by atoms with van der Waals surface area (Å²) in [6.45, 7) is 0. The molecule has 2 heteroatoms. The van der Waals surface area contributed by atoms with Gasteiger partial charge in [-0.05, 0) is 29.0 Å². The zero-order chi connectivity index (χ0) is 10.1. The molecular weight excluding hydrogens is 184 g/mol. The second kappa shape index (κ2) is 3.31. The fourth-order valence-electron chi connectivity index (χ4n) is 1.82. The Balaban J connectivity index is 2.12. The molecule has 0 saturated carbocycles. The van der Waals surface area contributed by atoms with Gasteiger partial charge in [-0.15, -0.1) is 0 Å². The number of aromatic nitrogens is 1. The van der Waals surface area contributed by atoms with Crippen molar-refractivity contribution >= 4 is 6.08 Å². The van der Waals surface area contributed by atoms with Crippen LogP contribution in [0.15, 0.2) is 53.8 Å². The maximum atomic E-state index is 4.63. The van der Waals surface area contributed by atoms with Crippen molar-refractivity contribution in [1.29, 1.82) is 0 Å². The molecule has 3 rings (SSSR count). The summed E-state index contributed by atoms with van der Waals surface area (Å²) in [6.07, 6.45) is 5.83. The Morgan fingerprint density at radius 1 is 1.00 bits per heavy atom. The minimum absolute atomic E-state index is 0.135. The van der Waals surface area contributed by atoms with Crippen molar-refractivity contribution in [3.05, 3.63) is 64.9 Å². The van der Waals surface area contributed by atoms with E-state index in [4.69, 9.17) is 0 Å². The van der Waals surface area contributed by atoms with Gasteiger partial charge >= 0.3 is 0 Å². The standard InChI is InChI=1S/C13H10N2/c1-2-6-12-10(4-1)8-13(15-12)11-5-3-7-14-9-11/h1-9,13H/t13-/m1/s1. The lowest BCUT2D eigenvalue weighted by Gasteiger charge is -2.02. The molecule has 2 heterocycles. The van der Waals surface area contributed by atoms with Gasteiger partial charge in [-0.3, -0.25) is 9.98 Å². The first-order valence-corrected chi connectivity index (χ1v) is 4.98. The maximum absolute atomic E-state index is 4.63. The van der Waals surface area contributed by atoms with E-state index in [1.165, 1.54) is 5.22 Å². The Bertz CT molecular complexity index is 552. The van der Waals surface area contributed by atoms with Gasteiger partial charge in [-0.1, -0.05) is 24.3 Å². The molecule has 2 nitrogen and oxygen atoms in total. The van der Waals surface area contributed by atoms with Crippen LogP contribution >= 0.6 is 0 Å². The monoisotopic (exact) mass is 194 g/mol. The van der Waals surface area contributed by atoms with Gasteiger partial charge in [-0.2, -0.15) is 0 Å². The number of fused-ring (bicyclic) bond motifs is 1. The number of hydrogen-bond donors (Lipinski definition) is 0. The molecule has 1 aromatic carbocycles. The van der Waals surface area contributed by atoms with Crippen LogP contribution in [-0.2, 0) is 0 Å². The van der Waals surface area contributed by atoms with Crippen molar-refractivity contribution in [2.75, 3.05) is 0 Å². The van der Waals surface area contributed by atoms with Crippen LogP contribution in [0.2, 0.25) is 0 Å². The Morgan fingerprint density at radius 2 is 1.93 bits per heavy atom. The van der Waals surface area contributed by atoms with E-state index >= 15 is 0 Å². The highest BCUT2D eigenvalue weighted by Crippen LogP contribution is 2.18. The molecule has 0 unspecified atom stereocenters. The van der Waals surface area contributed by atoms with E-state index in [0.717, 1.165) is 10.9 Å². The predicted octanol–water partition coefficient (Wildman–Crippen LogP) is 1.24. The molecule has 2 aromatic rings. The number of rotatable bonds is 1. The summed E-state index contributed by atoms with van der Waals surface area (Å²) in [4.78, 5) is 8.74. The Hall–Kier alpha value is -1.96. The third-order valence-electron chi connectivity index (χ3n) is 2.58. The van der Waals surface area contributed by atoms with Gasteiger partial charge in [0.05, 0.1) is 11.4 Å². The largest absolute Gasteiger partial charge is 0.272 e. The zero-order valence-corrected chi connectivity index (χ0v) is 8.17. The van der Waals surface area contributed by atoms with Crippen LogP contribution in [0.4, 0.5) is 0 Å². The van der Waals surface area contributed by atoms with Crippen LogP contribution in [0.3, 0.4) is 0 Å². The predicted molar refractivity (Wildman–Crippen MR) is 58.7 cm³/mol. The van der Waals surface area contributed by atoms with Crippen LogP contribution in [0, 0.1) is 0 Å². The van der Waals surface area contributed by atoms with Gasteiger partial charge < -0.3 is 0 Å². The Kier molecular flexibility index (Phi) is 1.85. The fraction of sp³-hybridized carbons (Fsp3) is 0.0769. The summed E-state index contributed by atoms with van der Waals surface area (Å²) in [5.74, 6) is 0. The number of nitrogens with zero attached hydrogens (tertiary/aromatic N) is 2. The zero-order valence-electron chi connectivity index (χ0n) is 8.17. The summed E-state index contributed by atoms with van der Waals surface area (Å²) < 4.78 is 0. The van der Waals surface area contributed by atoms with Gasteiger partial charge in [0.2, 0.25) is 0 Å². The first-order valence-electron chi connectivity index (χ1n) is 4.98. The van der Waals surface area contributed by atoms with Crippen LogP contribution in [0.25, 0.3) is 6.08 Å². The molecule has 72 valence electrons. The highest BCUT2D eigenvalue weighted by Gasteiger charge is 2.10. The molecule has 0 fully saturated rings. The van der Waals surface area contributed by atoms with Crippen molar-refractivity contribution in [2.24, 2.45) is 4.99 Å². The molecule has 0 spiro atoms. The van der Waals surface area contributed by atoms with Gasteiger partial charge in [-0.25, -0.2) is 0 Å². The lowest BCUT2D eigenvalue weighted by molar-refractivity contribution is 0.931. The van der Waals surface area contributed by atoms with E-state index in [-0.39, 0.29) is 6.04 Å². The lowest BCUT2D eigenvalue weighted by atomic mass is 10.1. The van der Waals surface area contributed by atoms with E-state index in [1.807, 2.05) is 30.5 Å². The molecule has 0 bridgehead atoms. The van der Waals surface area contributed by atoms with Gasteiger partial charge in [0.25, 0.3) is 0 Å². The van der Waals surface area contributed by atoms with Crippen molar-refractivity contribution in [2.45, 2.75) is 6.04 Å². The molecule has 1 atom stereocenters. The summed E-state index contributed by atoms with van der Waals surface area (Å²) in [5.41, 5.74) is 1.15. The summed E-state index contributed by atoms with van der Waals surface area (Å²) in [6, 6.07) is 12.3. The molecule has 0 radical (unpaired) electrons. The second-order valence-corrected chi connectivity index (χ2v) is 3.59. The smallest absolute Gasteiger partial charge is 0.0962 e. The second-order valence-electron chi connectivity index (χ2n) is 3.59. The van der Waals surface area contributed by atoms with E-state index < -0.39 is 0 Å².